The molecule has 0 amide bonds. The zero-order valence-electron chi connectivity index (χ0n) is 17.5. The highest BCUT2D eigenvalue weighted by Gasteiger charge is 2.46. The van der Waals surface area contributed by atoms with E-state index in [1.165, 1.54) is 0 Å². The Morgan fingerprint density at radius 3 is 2.87 bits per heavy atom. The molecule has 0 radical (unpaired) electrons. The van der Waals surface area contributed by atoms with Crippen molar-refractivity contribution in [1.82, 2.24) is 5.32 Å². The lowest BCUT2D eigenvalue weighted by atomic mass is 9.66. The molecule has 0 spiro atoms. The van der Waals surface area contributed by atoms with Gasteiger partial charge in [0.15, 0.2) is 5.78 Å². The van der Waals surface area contributed by atoms with Gasteiger partial charge in [-0.2, -0.15) is 0 Å². The number of ketones is 1. The maximum atomic E-state index is 13.2. The van der Waals surface area contributed by atoms with Gasteiger partial charge in [-0.3, -0.25) is 9.59 Å². The summed E-state index contributed by atoms with van der Waals surface area (Å²) in [5.41, 5.74) is 2.94. The smallest absolute Gasteiger partial charge is 0.315 e. The molecule has 1 aromatic carbocycles. The van der Waals surface area contributed by atoms with Crippen molar-refractivity contribution in [2.75, 3.05) is 13.2 Å². The van der Waals surface area contributed by atoms with Crippen LogP contribution < -0.4 is 5.32 Å². The van der Waals surface area contributed by atoms with Crippen LogP contribution in [0, 0.1) is 11.3 Å². The van der Waals surface area contributed by atoms with Crippen molar-refractivity contribution in [2.24, 2.45) is 11.3 Å². The van der Waals surface area contributed by atoms with E-state index in [2.05, 4.69) is 41.7 Å². The minimum atomic E-state index is -0.662. The number of ether oxygens (including phenoxy) is 2. The summed E-state index contributed by atoms with van der Waals surface area (Å²) in [4.78, 5) is 26.5. The number of rotatable bonds is 4. The van der Waals surface area contributed by atoms with Crippen LogP contribution in [0.15, 0.2) is 52.3 Å². The van der Waals surface area contributed by atoms with E-state index in [1.807, 2.05) is 24.3 Å². The topological polar surface area (TPSA) is 64.6 Å². The summed E-state index contributed by atoms with van der Waals surface area (Å²) in [7, 11) is 0. The number of nitrogens with one attached hydrogen (secondary N) is 1. The largest absolute Gasteiger partial charge is 0.462 e. The van der Waals surface area contributed by atoms with Gasteiger partial charge in [0.1, 0.15) is 12.5 Å². The first kappa shape index (κ1) is 21.3. The molecule has 1 saturated heterocycles. The van der Waals surface area contributed by atoms with Gasteiger partial charge in [-0.25, -0.2) is 0 Å². The number of carbonyl (C=O) groups is 2. The van der Waals surface area contributed by atoms with Crippen LogP contribution in [-0.4, -0.2) is 31.1 Å². The van der Waals surface area contributed by atoms with Gasteiger partial charge in [0.2, 0.25) is 0 Å². The van der Waals surface area contributed by atoms with Crippen LogP contribution in [0.4, 0.5) is 0 Å². The maximum Gasteiger partial charge on any atom is 0.315 e. The van der Waals surface area contributed by atoms with Crippen LogP contribution in [0.5, 0.6) is 0 Å². The lowest BCUT2D eigenvalue weighted by molar-refractivity contribution is -0.151. The fourth-order valence-corrected chi connectivity index (χ4v) is 5.24. The lowest BCUT2D eigenvalue weighted by Crippen LogP contribution is -2.44. The molecular formula is C24H28BrNO4. The molecule has 30 heavy (non-hydrogen) atoms. The first-order chi connectivity index (χ1) is 14.2. The highest BCUT2D eigenvalue weighted by Crippen LogP contribution is 2.48. The lowest BCUT2D eigenvalue weighted by Gasteiger charge is -2.42. The zero-order valence-corrected chi connectivity index (χ0v) is 19.1. The molecule has 5 nitrogen and oxygen atoms in total. The summed E-state index contributed by atoms with van der Waals surface area (Å²) in [6.45, 7) is 9.29. The van der Waals surface area contributed by atoms with Crippen molar-refractivity contribution in [1.29, 1.82) is 0 Å². The number of carbonyl (C=O) groups excluding carboxylic acids is 2. The number of Topliss-reactive ketones (excluding diaryl/α,β-unsaturated/α-hetero) is 1. The Balaban J connectivity index is 1.71. The van der Waals surface area contributed by atoms with E-state index in [4.69, 9.17) is 9.47 Å². The van der Waals surface area contributed by atoms with Gasteiger partial charge in [-0.05, 0) is 42.4 Å². The van der Waals surface area contributed by atoms with Crippen LogP contribution in [0.1, 0.15) is 51.0 Å². The van der Waals surface area contributed by atoms with Crippen molar-refractivity contribution in [3.63, 3.8) is 0 Å². The van der Waals surface area contributed by atoms with E-state index in [1.54, 1.807) is 0 Å². The Hall–Kier alpha value is -1.92. The number of esters is 1. The highest BCUT2D eigenvalue weighted by atomic mass is 79.9. The number of benzene rings is 1. The predicted octanol–water partition coefficient (Wildman–Crippen LogP) is 4.63. The van der Waals surface area contributed by atoms with Crippen molar-refractivity contribution >= 4 is 27.7 Å². The standard InChI is InChI=1S/C24H28BrNO4/c1-14-20(23(28)30-13-17-8-5-9-29-17)21(15-6-4-7-16(25)10-15)22-18(26-14)11-24(2,3)12-19(22)27/h4,6-7,10,17,20-21,26H,1,5,8-9,11-13H2,2-3H3. The third-order valence-electron chi connectivity index (χ3n) is 6.15. The van der Waals surface area contributed by atoms with Crippen LogP contribution in [0.25, 0.3) is 0 Å². The molecule has 2 heterocycles. The zero-order chi connectivity index (χ0) is 21.5. The average Bonchev–Trinajstić information content (AvgIpc) is 3.17. The van der Waals surface area contributed by atoms with Gasteiger partial charge >= 0.3 is 5.97 Å². The van der Waals surface area contributed by atoms with E-state index in [0.717, 1.165) is 35.0 Å². The second-order valence-corrected chi connectivity index (χ2v) is 10.2. The molecule has 3 atom stereocenters. The molecule has 0 bridgehead atoms. The molecule has 0 aromatic heterocycles. The third-order valence-corrected chi connectivity index (χ3v) is 6.64. The van der Waals surface area contributed by atoms with Crippen molar-refractivity contribution in [2.45, 2.75) is 51.6 Å². The van der Waals surface area contributed by atoms with Gasteiger partial charge < -0.3 is 14.8 Å². The summed E-state index contributed by atoms with van der Waals surface area (Å²) in [6.07, 6.45) is 3.04. The minimum absolute atomic E-state index is 0.0463. The molecule has 1 aromatic rings. The van der Waals surface area contributed by atoms with Crippen molar-refractivity contribution in [3.05, 3.63) is 57.8 Å². The SMILES string of the molecule is C=C1NC2=C(C(=O)CC(C)(C)C2)C(c2cccc(Br)c2)C1C(=O)OCC1CCCO1. The normalized spacial score (nSPS) is 28.2. The van der Waals surface area contributed by atoms with Gasteiger partial charge in [-0.15, -0.1) is 0 Å². The van der Waals surface area contributed by atoms with Crippen molar-refractivity contribution in [3.8, 4) is 0 Å². The van der Waals surface area contributed by atoms with E-state index < -0.39 is 11.8 Å². The maximum absolute atomic E-state index is 13.2. The molecule has 2 aliphatic heterocycles. The molecule has 1 fully saturated rings. The molecule has 160 valence electrons. The fourth-order valence-electron chi connectivity index (χ4n) is 4.82. The molecule has 1 N–H and O–H groups in total. The van der Waals surface area contributed by atoms with Crippen LogP contribution in [0.2, 0.25) is 0 Å². The molecule has 3 aliphatic rings. The molecule has 3 unspecified atom stereocenters. The van der Waals surface area contributed by atoms with E-state index in [9.17, 15) is 9.59 Å². The first-order valence-electron chi connectivity index (χ1n) is 10.5. The second kappa shape index (κ2) is 8.31. The number of halogens is 1. The molecule has 1 aliphatic carbocycles. The van der Waals surface area contributed by atoms with Crippen LogP contribution in [-0.2, 0) is 19.1 Å². The summed E-state index contributed by atoms with van der Waals surface area (Å²) in [5, 5.41) is 3.30. The summed E-state index contributed by atoms with van der Waals surface area (Å²) >= 11 is 3.53. The quantitative estimate of drug-likeness (QED) is 0.645. The van der Waals surface area contributed by atoms with E-state index >= 15 is 0 Å². The summed E-state index contributed by atoms with van der Waals surface area (Å²) < 4.78 is 12.2. The van der Waals surface area contributed by atoms with Gasteiger partial charge in [-0.1, -0.05) is 48.5 Å². The Morgan fingerprint density at radius 1 is 1.37 bits per heavy atom. The fraction of sp³-hybridized carbons (Fsp3) is 0.500. The second-order valence-electron chi connectivity index (χ2n) is 9.26. The summed E-state index contributed by atoms with van der Waals surface area (Å²) in [6, 6.07) is 7.80. The monoisotopic (exact) mass is 473 g/mol. The van der Waals surface area contributed by atoms with E-state index in [0.29, 0.717) is 24.3 Å². The number of hydrogen-bond donors (Lipinski definition) is 1. The number of allylic oxidation sites excluding steroid dienone is 2. The third kappa shape index (κ3) is 4.26. The first-order valence-corrected chi connectivity index (χ1v) is 11.3. The molecular weight excluding hydrogens is 446 g/mol. The van der Waals surface area contributed by atoms with Crippen LogP contribution in [0.3, 0.4) is 0 Å². The van der Waals surface area contributed by atoms with Gasteiger partial charge in [0, 0.05) is 40.4 Å². The average molecular weight is 474 g/mol. The Kier molecular flexibility index (Phi) is 5.90. The molecule has 0 saturated carbocycles. The highest BCUT2D eigenvalue weighted by molar-refractivity contribution is 9.10. The Morgan fingerprint density at radius 2 is 2.17 bits per heavy atom. The molecule has 6 heteroatoms. The van der Waals surface area contributed by atoms with E-state index in [-0.39, 0.29) is 29.9 Å². The number of hydrogen-bond acceptors (Lipinski definition) is 5. The Labute approximate surface area is 186 Å². The van der Waals surface area contributed by atoms with Crippen molar-refractivity contribution < 1.29 is 19.1 Å². The minimum Gasteiger partial charge on any atom is -0.462 e. The van der Waals surface area contributed by atoms with Gasteiger partial charge in [0.25, 0.3) is 0 Å². The molecule has 4 rings (SSSR count). The van der Waals surface area contributed by atoms with Gasteiger partial charge in [0.05, 0.1) is 6.10 Å². The van der Waals surface area contributed by atoms with Crippen LogP contribution >= 0.6 is 15.9 Å². The Bertz CT molecular complexity index is 914. The predicted molar refractivity (Wildman–Crippen MR) is 118 cm³/mol. The summed E-state index contributed by atoms with van der Waals surface area (Å²) in [5.74, 6) is -1.35.